The van der Waals surface area contributed by atoms with Crippen molar-refractivity contribution in [1.29, 1.82) is 0 Å². The maximum absolute atomic E-state index is 12.2. The fraction of sp³-hybridized carbons (Fsp3) is 0.308. The van der Waals surface area contributed by atoms with E-state index in [0.29, 0.717) is 16.5 Å². The first-order valence-electron chi connectivity index (χ1n) is 6.17. The largest absolute Gasteiger partial charge is 0.506 e. The predicted molar refractivity (Wildman–Crippen MR) is 85.2 cm³/mol. The number of amides is 3. The van der Waals surface area contributed by atoms with Crippen molar-refractivity contribution in [2.45, 2.75) is 25.8 Å². The second kappa shape index (κ2) is 5.76. The fourth-order valence-electron chi connectivity index (χ4n) is 1.82. The third-order valence-corrected chi connectivity index (χ3v) is 4.38. The van der Waals surface area contributed by atoms with Gasteiger partial charge >= 0.3 is 6.03 Å². The Kier molecular flexibility index (Phi) is 4.38. The molecule has 1 aliphatic heterocycles. The molecule has 1 aliphatic rings. The molecule has 3 amide bonds. The molecule has 0 bridgehead atoms. The van der Waals surface area contributed by atoms with Gasteiger partial charge in [0.15, 0.2) is 0 Å². The summed E-state index contributed by atoms with van der Waals surface area (Å²) < 4.78 is 1.21. The molecular weight excluding hydrogens is 406 g/mol. The van der Waals surface area contributed by atoms with Gasteiger partial charge in [0.25, 0.3) is 5.91 Å². The average molecular weight is 419 g/mol. The van der Waals surface area contributed by atoms with Crippen LogP contribution in [-0.4, -0.2) is 33.8 Å². The van der Waals surface area contributed by atoms with Crippen LogP contribution in [0.3, 0.4) is 0 Å². The summed E-state index contributed by atoms with van der Waals surface area (Å²) in [5.41, 5.74) is -0.559. The molecule has 1 aromatic carbocycles. The Balaban J connectivity index is 2.30. The zero-order valence-corrected chi connectivity index (χ0v) is 14.5. The molecule has 0 radical (unpaired) electrons. The number of hydrogen-bond donors (Lipinski definition) is 2. The molecule has 6 nitrogen and oxygen atoms in total. The molecule has 2 rings (SSSR count). The van der Waals surface area contributed by atoms with E-state index in [1.54, 1.807) is 19.1 Å². The molecule has 1 heterocycles. The zero-order chi connectivity index (χ0) is 15.8. The van der Waals surface area contributed by atoms with Gasteiger partial charge < -0.3 is 10.4 Å². The summed E-state index contributed by atoms with van der Waals surface area (Å²) in [4.78, 5) is 24.0. The van der Waals surface area contributed by atoms with Crippen molar-refractivity contribution >= 4 is 50.0 Å². The summed E-state index contributed by atoms with van der Waals surface area (Å²) >= 11 is 6.49. The highest BCUT2D eigenvalue weighted by molar-refractivity contribution is 9.11. The van der Waals surface area contributed by atoms with Gasteiger partial charge in [-0.2, -0.15) is 5.10 Å². The van der Waals surface area contributed by atoms with Crippen LogP contribution in [0.25, 0.3) is 0 Å². The number of imide groups is 1. The summed E-state index contributed by atoms with van der Waals surface area (Å²) in [6.07, 6.45) is 1.74. The van der Waals surface area contributed by atoms with Crippen molar-refractivity contribution in [1.82, 2.24) is 10.3 Å². The molecule has 0 saturated carbocycles. The van der Waals surface area contributed by atoms with Crippen LogP contribution in [0.2, 0.25) is 0 Å². The smallest absolute Gasteiger partial charge is 0.346 e. The van der Waals surface area contributed by atoms with Crippen LogP contribution in [0, 0.1) is 0 Å². The van der Waals surface area contributed by atoms with E-state index in [1.807, 2.05) is 6.92 Å². The normalized spacial score (nSPS) is 22.2. The van der Waals surface area contributed by atoms with Gasteiger partial charge in [-0.05, 0) is 41.4 Å². The molecule has 1 saturated heterocycles. The van der Waals surface area contributed by atoms with Gasteiger partial charge in [0.2, 0.25) is 0 Å². The van der Waals surface area contributed by atoms with Gasteiger partial charge in [0, 0.05) is 10.0 Å². The number of rotatable bonds is 3. The van der Waals surface area contributed by atoms with E-state index < -0.39 is 17.5 Å². The first-order chi connectivity index (χ1) is 9.78. The van der Waals surface area contributed by atoms with E-state index in [1.165, 1.54) is 6.21 Å². The Hall–Kier alpha value is -1.41. The van der Waals surface area contributed by atoms with E-state index >= 15 is 0 Å². The lowest BCUT2D eigenvalue weighted by atomic mass is 10.00. The number of aromatic hydroxyl groups is 1. The predicted octanol–water partition coefficient (Wildman–Crippen LogP) is 2.97. The molecule has 0 aromatic heterocycles. The van der Waals surface area contributed by atoms with Gasteiger partial charge in [0.05, 0.1) is 10.7 Å². The molecule has 0 aliphatic carbocycles. The number of halogens is 2. The molecule has 1 unspecified atom stereocenters. The number of benzene rings is 1. The number of nitrogens with one attached hydrogen (secondary N) is 1. The topological polar surface area (TPSA) is 82.0 Å². The van der Waals surface area contributed by atoms with Crippen molar-refractivity contribution < 1.29 is 14.7 Å². The van der Waals surface area contributed by atoms with E-state index in [4.69, 9.17) is 0 Å². The van der Waals surface area contributed by atoms with Crippen LogP contribution >= 0.6 is 31.9 Å². The molecular formula is C13H13Br2N3O3. The van der Waals surface area contributed by atoms with Gasteiger partial charge in [-0.25, -0.2) is 4.79 Å². The number of hydrazone groups is 1. The van der Waals surface area contributed by atoms with E-state index in [9.17, 15) is 14.7 Å². The minimum atomic E-state index is -0.936. The third-order valence-electron chi connectivity index (χ3n) is 3.32. The number of urea groups is 1. The summed E-state index contributed by atoms with van der Waals surface area (Å²) in [5.74, 6) is -0.438. The summed E-state index contributed by atoms with van der Waals surface area (Å²) in [6.45, 7) is 3.46. The second-order valence-electron chi connectivity index (χ2n) is 4.80. The van der Waals surface area contributed by atoms with Crippen LogP contribution in [-0.2, 0) is 4.79 Å². The van der Waals surface area contributed by atoms with Gasteiger partial charge in [-0.15, -0.1) is 5.01 Å². The van der Waals surface area contributed by atoms with Crippen molar-refractivity contribution in [3.63, 3.8) is 0 Å². The first-order valence-corrected chi connectivity index (χ1v) is 7.76. The van der Waals surface area contributed by atoms with E-state index in [-0.39, 0.29) is 5.75 Å². The van der Waals surface area contributed by atoms with Crippen LogP contribution in [0.15, 0.2) is 26.2 Å². The number of hydrogen-bond acceptors (Lipinski definition) is 4. The maximum atomic E-state index is 12.2. The highest BCUT2D eigenvalue weighted by Crippen LogP contribution is 2.31. The van der Waals surface area contributed by atoms with Gasteiger partial charge in [-0.1, -0.05) is 22.9 Å². The highest BCUT2D eigenvalue weighted by atomic mass is 79.9. The Morgan fingerprint density at radius 1 is 1.43 bits per heavy atom. The molecule has 21 heavy (non-hydrogen) atoms. The fourth-order valence-corrected chi connectivity index (χ4v) is 3.08. The molecule has 8 heteroatoms. The van der Waals surface area contributed by atoms with Crippen molar-refractivity contribution in [2.24, 2.45) is 5.10 Å². The van der Waals surface area contributed by atoms with Crippen molar-refractivity contribution in [3.8, 4) is 5.75 Å². The van der Waals surface area contributed by atoms with E-state index in [2.05, 4.69) is 42.3 Å². The minimum Gasteiger partial charge on any atom is -0.506 e. The summed E-state index contributed by atoms with van der Waals surface area (Å²) in [6, 6.07) is 2.73. The number of carbonyl (C=O) groups excluding carboxylic acids is 2. The van der Waals surface area contributed by atoms with E-state index in [0.717, 1.165) is 9.48 Å². The lowest BCUT2D eigenvalue weighted by molar-refractivity contribution is -0.130. The number of nitrogens with zero attached hydrogens (tertiary/aromatic N) is 2. The van der Waals surface area contributed by atoms with Gasteiger partial charge in [-0.3, -0.25) is 4.79 Å². The summed E-state index contributed by atoms with van der Waals surface area (Å²) in [5, 5.41) is 17.2. The average Bonchev–Trinajstić information content (AvgIpc) is 2.64. The summed E-state index contributed by atoms with van der Waals surface area (Å²) in [7, 11) is 0. The Labute approximate surface area is 138 Å². The highest BCUT2D eigenvalue weighted by Gasteiger charge is 2.46. The maximum Gasteiger partial charge on any atom is 0.346 e. The lowest BCUT2D eigenvalue weighted by Crippen LogP contribution is -2.42. The second-order valence-corrected chi connectivity index (χ2v) is 6.57. The van der Waals surface area contributed by atoms with Crippen LogP contribution in [0.4, 0.5) is 4.79 Å². The van der Waals surface area contributed by atoms with Crippen LogP contribution in [0.5, 0.6) is 5.75 Å². The number of carbonyl (C=O) groups is 2. The lowest BCUT2D eigenvalue weighted by Gasteiger charge is -2.17. The Morgan fingerprint density at radius 3 is 2.67 bits per heavy atom. The van der Waals surface area contributed by atoms with Crippen LogP contribution in [0.1, 0.15) is 25.8 Å². The monoisotopic (exact) mass is 417 g/mol. The molecule has 2 N–H and O–H groups in total. The van der Waals surface area contributed by atoms with Gasteiger partial charge in [0.1, 0.15) is 11.3 Å². The Bertz CT molecular complexity index is 648. The third kappa shape index (κ3) is 2.96. The SMILES string of the molecule is CCC1(C)NC(=O)N(N=Cc2cc(Br)cc(Br)c2O)C1=O. The molecule has 1 atom stereocenters. The molecule has 0 spiro atoms. The van der Waals surface area contributed by atoms with Crippen molar-refractivity contribution in [2.75, 3.05) is 0 Å². The van der Waals surface area contributed by atoms with Crippen molar-refractivity contribution in [3.05, 3.63) is 26.6 Å². The molecule has 1 fully saturated rings. The Morgan fingerprint density at radius 2 is 2.10 bits per heavy atom. The quantitative estimate of drug-likeness (QED) is 0.584. The zero-order valence-electron chi connectivity index (χ0n) is 11.4. The first kappa shape index (κ1) is 16.0. The molecule has 112 valence electrons. The number of phenols is 1. The minimum absolute atomic E-state index is 0.0211. The van der Waals surface area contributed by atoms with Crippen LogP contribution < -0.4 is 5.32 Å². The standard InChI is InChI=1S/C13H13Br2N3O3/c1-3-13(2)11(20)18(12(21)17-13)16-6-7-4-8(14)5-9(15)10(7)19/h4-6,19H,3H2,1-2H3,(H,17,21). The number of phenolic OH excluding ortho intramolecular Hbond substituents is 1. The molecule has 1 aromatic rings.